The van der Waals surface area contributed by atoms with E-state index in [0.717, 1.165) is 13.0 Å². The van der Waals surface area contributed by atoms with Gasteiger partial charge in [-0.3, -0.25) is 4.79 Å². The lowest BCUT2D eigenvalue weighted by Gasteiger charge is -2.28. The highest BCUT2D eigenvalue weighted by Crippen LogP contribution is 2.23. The molecule has 18 heavy (non-hydrogen) atoms. The monoisotopic (exact) mass is 259 g/mol. The Morgan fingerprint density at radius 2 is 2.11 bits per heavy atom. The van der Waals surface area contributed by atoms with Crippen molar-refractivity contribution in [2.24, 2.45) is 0 Å². The van der Waals surface area contributed by atoms with Crippen molar-refractivity contribution in [1.29, 1.82) is 0 Å². The minimum Gasteiger partial charge on any atom is -0.396 e. The largest absolute Gasteiger partial charge is 0.396 e. The molecule has 4 nitrogen and oxygen atoms in total. The van der Waals surface area contributed by atoms with Gasteiger partial charge in [-0.2, -0.15) is 4.37 Å². The molecule has 1 amide bonds. The summed E-state index contributed by atoms with van der Waals surface area (Å²) >= 11 is 1.17. The van der Waals surface area contributed by atoms with Gasteiger partial charge in [0.05, 0.1) is 11.9 Å². The zero-order valence-corrected chi connectivity index (χ0v) is 10.6. The average molecular weight is 259 g/mol. The van der Waals surface area contributed by atoms with Gasteiger partial charge in [0.1, 0.15) is 4.88 Å². The van der Waals surface area contributed by atoms with E-state index >= 15 is 0 Å². The van der Waals surface area contributed by atoms with Crippen molar-refractivity contribution in [3.05, 3.63) is 46.5 Å². The van der Waals surface area contributed by atoms with E-state index in [1.54, 1.807) is 0 Å². The molecule has 0 aliphatic carbocycles. The third-order valence-electron chi connectivity index (χ3n) is 3.21. The van der Waals surface area contributed by atoms with Crippen molar-refractivity contribution in [3.63, 3.8) is 0 Å². The lowest BCUT2D eigenvalue weighted by molar-refractivity contribution is 0.0740. The van der Waals surface area contributed by atoms with E-state index in [2.05, 4.69) is 16.5 Å². The summed E-state index contributed by atoms with van der Waals surface area (Å²) < 4.78 is 3.95. The van der Waals surface area contributed by atoms with E-state index < -0.39 is 0 Å². The first-order valence-corrected chi connectivity index (χ1v) is 6.59. The molecule has 2 heterocycles. The number of amides is 1. The zero-order chi connectivity index (χ0) is 12.5. The number of carbonyl (C=O) groups is 1. The quantitative estimate of drug-likeness (QED) is 0.851. The number of aromatic nitrogens is 1. The van der Waals surface area contributed by atoms with Crippen LogP contribution in [-0.4, -0.2) is 21.7 Å². The number of nitrogens with zero attached hydrogens (tertiary/aromatic N) is 2. The molecule has 0 spiro atoms. The SMILES string of the molecule is Nc1cnsc1C(=O)N1CCc2ccccc2C1. The van der Waals surface area contributed by atoms with Gasteiger partial charge in [-0.25, -0.2) is 0 Å². The highest BCUT2D eigenvalue weighted by atomic mass is 32.1. The molecule has 0 atom stereocenters. The van der Waals surface area contributed by atoms with E-state index in [0.29, 0.717) is 17.1 Å². The topological polar surface area (TPSA) is 59.2 Å². The Balaban J connectivity index is 1.84. The third-order valence-corrected chi connectivity index (χ3v) is 4.01. The van der Waals surface area contributed by atoms with E-state index in [-0.39, 0.29) is 5.91 Å². The maximum Gasteiger partial charge on any atom is 0.268 e. The van der Waals surface area contributed by atoms with Gasteiger partial charge in [0, 0.05) is 13.1 Å². The van der Waals surface area contributed by atoms with Crippen LogP contribution in [-0.2, 0) is 13.0 Å². The summed E-state index contributed by atoms with van der Waals surface area (Å²) in [6.07, 6.45) is 2.44. The minimum atomic E-state index is -0.00972. The van der Waals surface area contributed by atoms with Crippen LogP contribution in [0.5, 0.6) is 0 Å². The van der Waals surface area contributed by atoms with Crippen LogP contribution in [0.1, 0.15) is 20.8 Å². The van der Waals surface area contributed by atoms with Crippen LogP contribution in [0.4, 0.5) is 5.69 Å². The third kappa shape index (κ3) is 1.86. The molecule has 1 aliphatic rings. The van der Waals surface area contributed by atoms with Crippen molar-refractivity contribution in [3.8, 4) is 0 Å². The Hall–Kier alpha value is -1.88. The van der Waals surface area contributed by atoms with Crippen molar-refractivity contribution in [1.82, 2.24) is 9.27 Å². The first-order chi connectivity index (χ1) is 8.75. The summed E-state index contributed by atoms with van der Waals surface area (Å²) in [4.78, 5) is 14.7. The molecule has 2 N–H and O–H groups in total. The number of anilines is 1. The lowest BCUT2D eigenvalue weighted by atomic mass is 10.00. The van der Waals surface area contributed by atoms with Gasteiger partial charge in [0.2, 0.25) is 0 Å². The van der Waals surface area contributed by atoms with Gasteiger partial charge in [-0.15, -0.1) is 0 Å². The Kier molecular flexibility index (Phi) is 2.76. The van der Waals surface area contributed by atoms with Crippen molar-refractivity contribution in [2.75, 3.05) is 12.3 Å². The Labute approximate surface area is 109 Å². The van der Waals surface area contributed by atoms with Crippen LogP contribution in [0.25, 0.3) is 0 Å². The van der Waals surface area contributed by atoms with Crippen LogP contribution in [0.3, 0.4) is 0 Å². The molecule has 0 saturated heterocycles. The molecular formula is C13H13N3OS. The number of rotatable bonds is 1. The number of nitrogen functional groups attached to an aromatic ring is 1. The first-order valence-electron chi connectivity index (χ1n) is 5.82. The number of hydrogen-bond donors (Lipinski definition) is 1. The smallest absolute Gasteiger partial charge is 0.268 e. The molecule has 0 radical (unpaired) electrons. The van der Waals surface area contributed by atoms with Gasteiger partial charge in [0.15, 0.2) is 0 Å². The fourth-order valence-electron chi connectivity index (χ4n) is 2.22. The van der Waals surface area contributed by atoms with Crippen LogP contribution < -0.4 is 5.73 Å². The molecule has 0 unspecified atom stereocenters. The van der Waals surface area contributed by atoms with E-state index in [4.69, 9.17) is 5.73 Å². The Morgan fingerprint density at radius 3 is 2.83 bits per heavy atom. The maximum atomic E-state index is 12.3. The molecule has 3 rings (SSSR count). The highest BCUT2D eigenvalue weighted by molar-refractivity contribution is 7.08. The molecule has 0 bridgehead atoms. The number of carbonyl (C=O) groups excluding carboxylic acids is 1. The normalized spacial score (nSPS) is 14.3. The van der Waals surface area contributed by atoms with Crippen molar-refractivity contribution in [2.45, 2.75) is 13.0 Å². The van der Waals surface area contributed by atoms with Gasteiger partial charge in [-0.1, -0.05) is 24.3 Å². The summed E-state index contributed by atoms with van der Waals surface area (Å²) in [5.74, 6) is -0.00972. The number of benzene rings is 1. The van der Waals surface area contributed by atoms with Gasteiger partial charge >= 0.3 is 0 Å². The highest BCUT2D eigenvalue weighted by Gasteiger charge is 2.24. The molecule has 0 saturated carbocycles. The van der Waals surface area contributed by atoms with Crippen molar-refractivity contribution >= 4 is 23.1 Å². The molecule has 92 valence electrons. The fraction of sp³-hybridized carbons (Fsp3) is 0.231. The van der Waals surface area contributed by atoms with Crippen LogP contribution >= 0.6 is 11.5 Å². The summed E-state index contributed by atoms with van der Waals surface area (Å²) in [6, 6.07) is 8.24. The molecule has 1 aliphatic heterocycles. The fourth-order valence-corrected chi connectivity index (χ4v) is 2.86. The number of hydrogen-bond acceptors (Lipinski definition) is 4. The minimum absolute atomic E-state index is 0.00972. The first kappa shape index (κ1) is 11.2. The van der Waals surface area contributed by atoms with Gasteiger partial charge < -0.3 is 10.6 Å². The summed E-state index contributed by atoms with van der Waals surface area (Å²) in [5, 5.41) is 0. The molecule has 1 aromatic heterocycles. The Morgan fingerprint density at radius 1 is 1.33 bits per heavy atom. The molecule has 1 aromatic carbocycles. The Bertz CT molecular complexity index is 593. The van der Waals surface area contributed by atoms with Crippen molar-refractivity contribution < 1.29 is 4.79 Å². The maximum absolute atomic E-state index is 12.3. The number of fused-ring (bicyclic) bond motifs is 1. The molecule has 0 fully saturated rings. The summed E-state index contributed by atoms with van der Waals surface area (Å²) in [6.45, 7) is 1.40. The van der Waals surface area contributed by atoms with Gasteiger partial charge in [-0.05, 0) is 29.1 Å². The second-order valence-electron chi connectivity index (χ2n) is 4.36. The summed E-state index contributed by atoms with van der Waals surface area (Å²) in [7, 11) is 0. The molecule has 5 heteroatoms. The lowest BCUT2D eigenvalue weighted by Crippen LogP contribution is -2.35. The molecule has 2 aromatic rings. The standard InChI is InChI=1S/C13H13N3OS/c14-11-7-15-18-12(11)13(17)16-6-5-9-3-1-2-4-10(9)8-16/h1-4,7H,5-6,8,14H2. The average Bonchev–Trinajstić information content (AvgIpc) is 2.83. The predicted octanol–water partition coefficient (Wildman–Crippen LogP) is 1.92. The van der Waals surface area contributed by atoms with E-state index in [9.17, 15) is 4.79 Å². The predicted molar refractivity (Wildman–Crippen MR) is 71.4 cm³/mol. The van der Waals surface area contributed by atoms with Gasteiger partial charge in [0.25, 0.3) is 5.91 Å². The summed E-state index contributed by atoms with van der Waals surface area (Å²) in [5.41, 5.74) is 8.77. The van der Waals surface area contributed by atoms with Crippen LogP contribution in [0.2, 0.25) is 0 Å². The molecular weight excluding hydrogens is 246 g/mol. The van der Waals surface area contributed by atoms with Crippen LogP contribution in [0.15, 0.2) is 30.5 Å². The van der Waals surface area contributed by atoms with E-state index in [1.807, 2.05) is 17.0 Å². The van der Waals surface area contributed by atoms with Crippen LogP contribution in [0, 0.1) is 0 Å². The second kappa shape index (κ2) is 4.42. The van der Waals surface area contributed by atoms with E-state index in [1.165, 1.54) is 28.9 Å². The second-order valence-corrected chi connectivity index (χ2v) is 5.16. The number of nitrogens with two attached hydrogens (primary N) is 1. The zero-order valence-electron chi connectivity index (χ0n) is 9.80.